The highest BCUT2D eigenvalue weighted by Crippen LogP contribution is 2.39. The Morgan fingerprint density at radius 2 is 1.75 bits per heavy atom. The first kappa shape index (κ1) is 19.8. The fourth-order valence-corrected chi connectivity index (χ4v) is 4.33. The zero-order valence-corrected chi connectivity index (χ0v) is 15.3. The van der Waals surface area contributed by atoms with Crippen LogP contribution in [0.25, 0.3) is 10.4 Å². The van der Waals surface area contributed by atoms with Crippen molar-refractivity contribution in [2.75, 3.05) is 0 Å². The second-order valence-corrected chi connectivity index (χ2v) is 7.91. The predicted octanol–water partition coefficient (Wildman–Crippen LogP) is 5.11. The molecule has 0 unspecified atom stereocenters. The van der Waals surface area contributed by atoms with Crippen LogP contribution in [-0.2, 0) is 16.3 Å². The third-order valence-corrected chi connectivity index (χ3v) is 5.82. The minimum Gasteiger partial charge on any atom is -0.378 e. The maximum Gasteiger partial charge on any atom is 0.417 e. The summed E-state index contributed by atoms with van der Waals surface area (Å²) in [7, 11) is -4.86. The van der Waals surface area contributed by atoms with Crippen LogP contribution in [0.3, 0.4) is 0 Å². The first-order valence-electron chi connectivity index (χ1n) is 7.52. The van der Waals surface area contributed by atoms with Crippen LogP contribution in [0.1, 0.15) is 5.56 Å². The molecule has 3 rings (SSSR count). The number of hydrogen-bond acceptors (Lipinski definition) is 6. The van der Waals surface area contributed by atoms with Crippen LogP contribution < -0.4 is 4.18 Å². The smallest absolute Gasteiger partial charge is 0.378 e. The van der Waals surface area contributed by atoms with Crippen LogP contribution in [0.15, 0.2) is 64.9 Å². The van der Waals surface area contributed by atoms with E-state index in [-0.39, 0.29) is 17.0 Å². The molecule has 2 aromatic carbocycles. The second-order valence-electron chi connectivity index (χ2n) is 5.45. The summed E-state index contributed by atoms with van der Waals surface area (Å²) in [5, 5.41) is 12.7. The Morgan fingerprint density at radius 1 is 1.04 bits per heavy atom. The van der Waals surface area contributed by atoms with E-state index in [4.69, 9.17) is 4.18 Å². The second kappa shape index (κ2) is 7.24. The lowest BCUT2D eigenvalue weighted by molar-refractivity contribution is -0.384. The largest absolute Gasteiger partial charge is 0.417 e. The van der Waals surface area contributed by atoms with Gasteiger partial charge in [-0.25, -0.2) is 0 Å². The zero-order valence-electron chi connectivity index (χ0n) is 13.7. The Kier molecular flexibility index (Phi) is 5.13. The van der Waals surface area contributed by atoms with Crippen LogP contribution in [0, 0.1) is 10.1 Å². The van der Waals surface area contributed by atoms with Gasteiger partial charge in [-0.2, -0.15) is 21.6 Å². The van der Waals surface area contributed by atoms with Gasteiger partial charge in [0.15, 0.2) is 5.75 Å². The van der Waals surface area contributed by atoms with E-state index in [9.17, 15) is 31.7 Å². The highest BCUT2D eigenvalue weighted by molar-refractivity contribution is 7.87. The van der Waals surface area contributed by atoms with Crippen LogP contribution in [0.4, 0.5) is 18.9 Å². The van der Waals surface area contributed by atoms with E-state index in [0.29, 0.717) is 10.9 Å². The van der Waals surface area contributed by atoms with E-state index in [1.165, 1.54) is 0 Å². The molecular weight excluding hydrogens is 419 g/mol. The van der Waals surface area contributed by atoms with E-state index >= 15 is 0 Å². The van der Waals surface area contributed by atoms with Crippen molar-refractivity contribution in [2.45, 2.75) is 11.1 Å². The van der Waals surface area contributed by atoms with Gasteiger partial charge in [0, 0.05) is 22.6 Å². The van der Waals surface area contributed by atoms with Gasteiger partial charge in [-0.1, -0.05) is 18.2 Å². The molecule has 0 atom stereocenters. The number of nitro benzene ring substituents is 1. The highest BCUT2D eigenvalue weighted by atomic mass is 32.2. The van der Waals surface area contributed by atoms with Crippen molar-refractivity contribution in [3.63, 3.8) is 0 Å². The standard InChI is InChI=1S/C17H10F3NO5S2/c18-17(19,20)13-4-1-2-6-16(13)28(24,25)26-14-8-7-11(21(22)23)10-12(14)15-5-3-9-27-15/h1-10H. The third kappa shape index (κ3) is 3.99. The number of alkyl halides is 3. The van der Waals surface area contributed by atoms with Gasteiger partial charge in [0.25, 0.3) is 5.69 Å². The first-order chi connectivity index (χ1) is 13.1. The van der Waals surface area contributed by atoms with Gasteiger partial charge in [0.1, 0.15) is 4.90 Å². The lowest BCUT2D eigenvalue weighted by atomic mass is 10.1. The summed E-state index contributed by atoms with van der Waals surface area (Å²) in [5.41, 5.74) is -1.60. The van der Waals surface area contributed by atoms with Crippen molar-refractivity contribution < 1.29 is 30.7 Å². The molecule has 0 aliphatic rings. The number of nitrogens with zero attached hydrogens (tertiary/aromatic N) is 1. The summed E-state index contributed by atoms with van der Waals surface area (Å²) in [5.74, 6) is -0.315. The Bertz CT molecular complexity index is 1130. The van der Waals surface area contributed by atoms with Gasteiger partial charge in [-0.3, -0.25) is 10.1 Å². The molecule has 0 saturated heterocycles. The molecule has 0 saturated carbocycles. The minimum absolute atomic E-state index is 0.0808. The lowest BCUT2D eigenvalue weighted by Gasteiger charge is -2.15. The number of rotatable bonds is 5. The molecule has 6 nitrogen and oxygen atoms in total. The monoisotopic (exact) mass is 429 g/mol. The van der Waals surface area contributed by atoms with Gasteiger partial charge < -0.3 is 4.18 Å². The number of nitro groups is 1. The molecule has 11 heteroatoms. The summed E-state index contributed by atoms with van der Waals surface area (Å²) in [4.78, 5) is 9.76. The molecule has 0 bridgehead atoms. The molecule has 0 fully saturated rings. The maximum absolute atomic E-state index is 13.2. The van der Waals surface area contributed by atoms with Gasteiger partial charge in [0.05, 0.1) is 10.5 Å². The molecule has 146 valence electrons. The summed E-state index contributed by atoms with van der Waals surface area (Å²) < 4.78 is 69.6. The number of benzene rings is 2. The molecule has 0 aliphatic carbocycles. The van der Waals surface area contributed by atoms with E-state index in [1.54, 1.807) is 17.5 Å². The lowest BCUT2D eigenvalue weighted by Crippen LogP contribution is -2.17. The molecule has 1 heterocycles. The zero-order chi connectivity index (χ0) is 20.5. The van der Waals surface area contributed by atoms with Crippen LogP contribution in [-0.4, -0.2) is 13.3 Å². The van der Waals surface area contributed by atoms with Crippen molar-refractivity contribution >= 4 is 27.1 Å². The first-order valence-corrected chi connectivity index (χ1v) is 9.81. The molecule has 28 heavy (non-hydrogen) atoms. The number of hydrogen-bond donors (Lipinski definition) is 0. The molecule has 0 aliphatic heterocycles. The summed E-state index contributed by atoms with van der Waals surface area (Å²) in [6.45, 7) is 0. The van der Waals surface area contributed by atoms with Crippen LogP contribution in [0.2, 0.25) is 0 Å². The van der Waals surface area contributed by atoms with Gasteiger partial charge in [-0.15, -0.1) is 11.3 Å². The average Bonchev–Trinajstić information content (AvgIpc) is 3.15. The van der Waals surface area contributed by atoms with Crippen molar-refractivity contribution in [2.24, 2.45) is 0 Å². The van der Waals surface area contributed by atoms with Gasteiger partial charge in [-0.05, 0) is 29.6 Å². The van der Waals surface area contributed by atoms with E-state index in [1.807, 2.05) is 0 Å². The summed E-state index contributed by atoms with van der Waals surface area (Å²) >= 11 is 1.16. The molecular formula is C17H10F3NO5S2. The summed E-state index contributed by atoms with van der Waals surface area (Å²) in [6, 6.07) is 9.99. The quantitative estimate of drug-likeness (QED) is 0.320. The Balaban J connectivity index is 2.11. The molecule has 1 aromatic heterocycles. The van der Waals surface area contributed by atoms with Crippen molar-refractivity contribution in [1.29, 1.82) is 0 Å². The van der Waals surface area contributed by atoms with Gasteiger partial charge in [0.2, 0.25) is 0 Å². The van der Waals surface area contributed by atoms with E-state index < -0.39 is 31.7 Å². The van der Waals surface area contributed by atoms with Gasteiger partial charge >= 0.3 is 16.3 Å². The number of thiophene rings is 1. The Morgan fingerprint density at radius 3 is 2.36 bits per heavy atom. The van der Waals surface area contributed by atoms with Crippen molar-refractivity contribution in [3.05, 3.63) is 75.7 Å². The van der Waals surface area contributed by atoms with Crippen LogP contribution >= 0.6 is 11.3 Å². The molecule has 0 N–H and O–H groups in total. The highest BCUT2D eigenvalue weighted by Gasteiger charge is 2.38. The molecule has 0 spiro atoms. The fraction of sp³-hybridized carbons (Fsp3) is 0.0588. The summed E-state index contributed by atoms with van der Waals surface area (Å²) in [6.07, 6.45) is -4.90. The van der Waals surface area contributed by atoms with E-state index in [2.05, 4.69) is 0 Å². The number of non-ortho nitro benzene ring substituents is 1. The van der Waals surface area contributed by atoms with Crippen molar-refractivity contribution in [1.82, 2.24) is 0 Å². The maximum atomic E-state index is 13.2. The fourth-order valence-electron chi connectivity index (χ4n) is 2.41. The topological polar surface area (TPSA) is 86.5 Å². The minimum atomic E-state index is -4.90. The van der Waals surface area contributed by atoms with Crippen LogP contribution in [0.5, 0.6) is 5.75 Å². The Labute approximate surface area is 161 Å². The molecule has 3 aromatic rings. The number of halogens is 3. The van der Waals surface area contributed by atoms with Crippen molar-refractivity contribution in [3.8, 4) is 16.2 Å². The Hall–Kier alpha value is -2.92. The SMILES string of the molecule is O=[N+]([O-])c1ccc(OS(=O)(=O)c2ccccc2C(F)(F)F)c(-c2cccs2)c1. The predicted molar refractivity (Wildman–Crippen MR) is 95.7 cm³/mol. The average molecular weight is 429 g/mol. The normalized spacial score (nSPS) is 12.0. The molecule has 0 amide bonds. The molecule has 0 radical (unpaired) electrons. The third-order valence-electron chi connectivity index (χ3n) is 3.62. The van der Waals surface area contributed by atoms with E-state index in [0.717, 1.165) is 47.7 Å².